The Hall–Kier alpha value is -1.35. The average molecular weight is 286 g/mol. The number of fused-ring (bicyclic) bond motifs is 1. The van der Waals surface area contributed by atoms with Crippen LogP contribution in [0.2, 0.25) is 0 Å². The Morgan fingerprint density at radius 2 is 2.14 bits per heavy atom. The van der Waals surface area contributed by atoms with E-state index in [0.717, 1.165) is 31.8 Å². The van der Waals surface area contributed by atoms with Gasteiger partial charge in [0, 0.05) is 6.54 Å². The van der Waals surface area contributed by atoms with Crippen LogP contribution >= 0.6 is 0 Å². The third-order valence-electron chi connectivity index (χ3n) is 4.81. The van der Waals surface area contributed by atoms with Crippen molar-refractivity contribution in [2.24, 2.45) is 5.92 Å². The van der Waals surface area contributed by atoms with Crippen LogP contribution in [0.25, 0.3) is 0 Å². The maximum Gasteiger partial charge on any atom is 0.234 e. The molecular formula is C18H26N2O. The molecule has 0 spiro atoms. The van der Waals surface area contributed by atoms with E-state index >= 15 is 0 Å². The lowest BCUT2D eigenvalue weighted by molar-refractivity contribution is -0.123. The molecule has 1 saturated heterocycles. The quantitative estimate of drug-likeness (QED) is 0.926. The molecule has 1 amide bonds. The highest BCUT2D eigenvalue weighted by atomic mass is 16.2. The molecule has 0 aromatic heterocycles. The molecule has 21 heavy (non-hydrogen) atoms. The molecule has 114 valence electrons. The largest absolute Gasteiger partial charge is 0.348 e. The van der Waals surface area contributed by atoms with Crippen LogP contribution in [0, 0.1) is 5.92 Å². The van der Waals surface area contributed by atoms with Gasteiger partial charge in [-0.2, -0.15) is 0 Å². The van der Waals surface area contributed by atoms with Crippen LogP contribution in [0.1, 0.15) is 49.8 Å². The molecule has 2 atom stereocenters. The molecule has 3 heteroatoms. The highest BCUT2D eigenvalue weighted by molar-refractivity contribution is 5.78. The third-order valence-corrected chi connectivity index (χ3v) is 4.81. The molecule has 1 aromatic rings. The van der Waals surface area contributed by atoms with Crippen molar-refractivity contribution >= 4 is 5.91 Å². The normalized spacial score (nSPS) is 26.1. The van der Waals surface area contributed by atoms with Crippen molar-refractivity contribution in [3.05, 3.63) is 35.4 Å². The lowest BCUT2D eigenvalue weighted by Crippen LogP contribution is -2.43. The predicted octanol–water partition coefficient (Wildman–Crippen LogP) is 2.91. The highest BCUT2D eigenvalue weighted by Crippen LogP contribution is 2.29. The highest BCUT2D eigenvalue weighted by Gasteiger charge is 2.23. The molecule has 1 fully saturated rings. The van der Waals surface area contributed by atoms with E-state index in [1.54, 1.807) is 0 Å². The number of aryl methyl sites for hydroxylation is 1. The predicted molar refractivity (Wildman–Crippen MR) is 85.1 cm³/mol. The Morgan fingerprint density at radius 3 is 3.00 bits per heavy atom. The van der Waals surface area contributed by atoms with E-state index in [2.05, 4.69) is 41.4 Å². The molecule has 0 bridgehead atoms. The number of nitrogens with zero attached hydrogens (tertiary/aromatic N) is 1. The number of nitrogens with one attached hydrogen (secondary N) is 1. The summed E-state index contributed by atoms with van der Waals surface area (Å²) in [5.41, 5.74) is 2.73. The summed E-state index contributed by atoms with van der Waals surface area (Å²) in [5.74, 6) is 0.910. The summed E-state index contributed by atoms with van der Waals surface area (Å²) in [5, 5.41) is 3.26. The van der Waals surface area contributed by atoms with Gasteiger partial charge in [0.2, 0.25) is 5.91 Å². The summed E-state index contributed by atoms with van der Waals surface area (Å²) in [6, 6.07) is 8.75. The van der Waals surface area contributed by atoms with Crippen LogP contribution in [0.3, 0.4) is 0 Å². The van der Waals surface area contributed by atoms with Crippen LogP contribution in [-0.4, -0.2) is 30.4 Å². The minimum Gasteiger partial charge on any atom is -0.348 e. The molecule has 1 heterocycles. The first-order valence-corrected chi connectivity index (χ1v) is 8.32. The zero-order valence-electron chi connectivity index (χ0n) is 13.0. The number of benzene rings is 1. The van der Waals surface area contributed by atoms with Crippen LogP contribution < -0.4 is 5.32 Å². The molecule has 3 nitrogen and oxygen atoms in total. The summed E-state index contributed by atoms with van der Waals surface area (Å²) in [7, 11) is 0. The third kappa shape index (κ3) is 3.65. The van der Waals surface area contributed by atoms with E-state index in [-0.39, 0.29) is 11.9 Å². The lowest BCUT2D eigenvalue weighted by atomic mass is 9.88. The number of hydrogen-bond donors (Lipinski definition) is 1. The van der Waals surface area contributed by atoms with Crippen molar-refractivity contribution in [3.63, 3.8) is 0 Å². The number of amides is 1. The smallest absolute Gasteiger partial charge is 0.234 e. The second kappa shape index (κ2) is 6.61. The number of hydrogen-bond acceptors (Lipinski definition) is 2. The maximum absolute atomic E-state index is 12.3. The van der Waals surface area contributed by atoms with Gasteiger partial charge in [-0.3, -0.25) is 9.69 Å². The fraction of sp³-hybridized carbons (Fsp3) is 0.611. The molecule has 0 unspecified atom stereocenters. The first kappa shape index (κ1) is 14.6. The van der Waals surface area contributed by atoms with E-state index in [0.29, 0.717) is 6.54 Å². The molecule has 1 aliphatic heterocycles. The summed E-state index contributed by atoms with van der Waals surface area (Å²) >= 11 is 0. The van der Waals surface area contributed by atoms with Gasteiger partial charge < -0.3 is 5.32 Å². The molecule has 0 saturated carbocycles. The van der Waals surface area contributed by atoms with Crippen LogP contribution in [-0.2, 0) is 11.2 Å². The zero-order chi connectivity index (χ0) is 14.7. The average Bonchev–Trinajstić information content (AvgIpc) is 2.47. The molecule has 1 aromatic carbocycles. The Labute approximate surface area is 127 Å². The second-order valence-corrected chi connectivity index (χ2v) is 6.69. The Kier molecular flexibility index (Phi) is 4.59. The van der Waals surface area contributed by atoms with Crippen molar-refractivity contribution in [2.75, 3.05) is 19.6 Å². The molecule has 3 rings (SSSR count). The Morgan fingerprint density at radius 1 is 1.29 bits per heavy atom. The molecule has 1 aliphatic carbocycles. The van der Waals surface area contributed by atoms with E-state index in [9.17, 15) is 4.79 Å². The Bertz CT molecular complexity index is 500. The maximum atomic E-state index is 12.3. The first-order chi connectivity index (χ1) is 10.2. The summed E-state index contributed by atoms with van der Waals surface area (Å²) in [4.78, 5) is 14.6. The number of piperidine rings is 1. The standard InChI is InChI=1S/C18H26N2O/c1-14-6-5-11-20(12-14)13-18(21)19-17-10-4-8-15-7-2-3-9-16(15)17/h2-3,7,9,14,17H,4-6,8,10-13H2,1H3,(H,19,21)/t14-,17-/m1/s1. The van der Waals surface area contributed by atoms with Crippen LogP contribution in [0.4, 0.5) is 0 Å². The summed E-state index contributed by atoms with van der Waals surface area (Å²) < 4.78 is 0. The van der Waals surface area contributed by atoms with Crippen molar-refractivity contribution in [1.82, 2.24) is 10.2 Å². The zero-order valence-corrected chi connectivity index (χ0v) is 13.0. The minimum atomic E-state index is 0.186. The number of carbonyl (C=O) groups is 1. The van der Waals surface area contributed by atoms with Gasteiger partial charge in [-0.15, -0.1) is 0 Å². The monoisotopic (exact) mass is 286 g/mol. The van der Waals surface area contributed by atoms with Gasteiger partial charge in [-0.25, -0.2) is 0 Å². The van der Waals surface area contributed by atoms with Gasteiger partial charge in [0.25, 0.3) is 0 Å². The van der Waals surface area contributed by atoms with Gasteiger partial charge in [0.1, 0.15) is 0 Å². The van der Waals surface area contributed by atoms with Gasteiger partial charge in [0.05, 0.1) is 12.6 Å². The molecule has 0 radical (unpaired) electrons. The Balaban J connectivity index is 1.58. The van der Waals surface area contributed by atoms with Crippen molar-refractivity contribution < 1.29 is 4.79 Å². The molecule has 2 aliphatic rings. The van der Waals surface area contributed by atoms with E-state index in [4.69, 9.17) is 0 Å². The number of carbonyl (C=O) groups excluding carboxylic acids is 1. The van der Waals surface area contributed by atoms with Crippen molar-refractivity contribution in [2.45, 2.75) is 45.1 Å². The fourth-order valence-corrected chi connectivity index (χ4v) is 3.78. The van der Waals surface area contributed by atoms with Gasteiger partial charge in [-0.1, -0.05) is 31.2 Å². The van der Waals surface area contributed by atoms with Gasteiger partial charge in [-0.05, 0) is 55.7 Å². The first-order valence-electron chi connectivity index (χ1n) is 8.32. The minimum absolute atomic E-state index is 0.186. The van der Waals surface area contributed by atoms with Gasteiger partial charge >= 0.3 is 0 Å². The SMILES string of the molecule is C[C@@H]1CCCN(CC(=O)N[C@@H]2CCCc3ccccc32)C1. The van der Waals surface area contributed by atoms with E-state index in [1.165, 1.54) is 30.4 Å². The van der Waals surface area contributed by atoms with Crippen molar-refractivity contribution in [1.29, 1.82) is 0 Å². The summed E-state index contributed by atoms with van der Waals surface area (Å²) in [6.07, 6.45) is 5.91. The van der Waals surface area contributed by atoms with E-state index in [1.807, 2.05) is 0 Å². The van der Waals surface area contributed by atoms with Crippen LogP contribution in [0.15, 0.2) is 24.3 Å². The van der Waals surface area contributed by atoms with Crippen LogP contribution in [0.5, 0.6) is 0 Å². The second-order valence-electron chi connectivity index (χ2n) is 6.69. The van der Waals surface area contributed by atoms with Crippen molar-refractivity contribution in [3.8, 4) is 0 Å². The molecular weight excluding hydrogens is 260 g/mol. The van der Waals surface area contributed by atoms with E-state index < -0.39 is 0 Å². The van der Waals surface area contributed by atoms with Gasteiger partial charge in [0.15, 0.2) is 0 Å². The lowest BCUT2D eigenvalue weighted by Gasteiger charge is -2.31. The fourth-order valence-electron chi connectivity index (χ4n) is 3.78. The summed E-state index contributed by atoms with van der Waals surface area (Å²) in [6.45, 7) is 4.97. The number of likely N-dealkylation sites (tertiary alicyclic amines) is 1. The number of rotatable bonds is 3. The molecule has 1 N–H and O–H groups in total. The topological polar surface area (TPSA) is 32.3 Å².